The van der Waals surface area contributed by atoms with E-state index in [2.05, 4.69) is 24.3 Å². The molecule has 0 saturated carbocycles. The minimum absolute atomic E-state index is 0.372. The van der Waals surface area contributed by atoms with Crippen LogP contribution in [-0.4, -0.2) is 5.60 Å². The molecule has 0 aliphatic rings. The smallest absolute Gasteiger partial charge is 0.0946 e. The van der Waals surface area contributed by atoms with E-state index in [1.807, 2.05) is 43.3 Å². The van der Waals surface area contributed by atoms with E-state index in [0.29, 0.717) is 0 Å². The van der Waals surface area contributed by atoms with Gasteiger partial charge >= 0.3 is 0 Å². The first-order valence-corrected chi connectivity index (χ1v) is 6.18. The van der Waals surface area contributed by atoms with Gasteiger partial charge in [-0.1, -0.05) is 60.7 Å². The summed E-state index contributed by atoms with van der Waals surface area (Å²) in [6.07, 6.45) is 1.61. The Balaban J connectivity index is 2.11. The van der Waals surface area contributed by atoms with Crippen LogP contribution < -0.4 is 5.90 Å². The van der Waals surface area contributed by atoms with E-state index < -0.39 is 0 Å². The van der Waals surface area contributed by atoms with Crippen molar-refractivity contribution in [2.45, 2.75) is 25.4 Å². The SMILES string of the molecule is CC(Cc1ccccc1)(Cc1ccccc1)ON. The van der Waals surface area contributed by atoms with Crippen molar-refractivity contribution in [2.24, 2.45) is 5.90 Å². The molecule has 2 aromatic rings. The van der Waals surface area contributed by atoms with Crippen LogP contribution in [-0.2, 0) is 17.7 Å². The second-order valence-corrected chi connectivity index (χ2v) is 4.89. The number of hydrogen-bond donors (Lipinski definition) is 1. The maximum absolute atomic E-state index is 5.50. The average molecular weight is 241 g/mol. The molecular weight excluding hydrogens is 222 g/mol. The molecule has 2 heteroatoms. The Kier molecular flexibility index (Phi) is 4.13. The third kappa shape index (κ3) is 3.42. The largest absolute Gasteiger partial charge is 0.298 e. The molecular formula is C16H19NO. The highest BCUT2D eigenvalue weighted by molar-refractivity contribution is 5.21. The Morgan fingerprint density at radius 1 is 0.833 bits per heavy atom. The molecule has 0 saturated heterocycles. The normalized spacial score (nSPS) is 11.4. The van der Waals surface area contributed by atoms with Crippen LogP contribution >= 0.6 is 0 Å². The van der Waals surface area contributed by atoms with Crippen molar-refractivity contribution in [1.82, 2.24) is 0 Å². The lowest BCUT2D eigenvalue weighted by molar-refractivity contribution is -0.0331. The molecule has 0 atom stereocenters. The molecule has 0 heterocycles. The highest BCUT2D eigenvalue weighted by Crippen LogP contribution is 2.21. The van der Waals surface area contributed by atoms with Gasteiger partial charge < -0.3 is 0 Å². The Morgan fingerprint density at radius 3 is 1.56 bits per heavy atom. The van der Waals surface area contributed by atoms with Crippen molar-refractivity contribution >= 4 is 0 Å². The predicted molar refractivity (Wildman–Crippen MR) is 74.0 cm³/mol. The van der Waals surface area contributed by atoms with Crippen LogP contribution in [0.5, 0.6) is 0 Å². The molecule has 0 bridgehead atoms. The molecule has 0 unspecified atom stereocenters. The summed E-state index contributed by atoms with van der Waals surface area (Å²) in [5.41, 5.74) is 2.10. The highest BCUT2D eigenvalue weighted by atomic mass is 16.6. The minimum atomic E-state index is -0.372. The zero-order valence-electron chi connectivity index (χ0n) is 10.7. The molecule has 0 aromatic heterocycles. The number of rotatable bonds is 5. The lowest BCUT2D eigenvalue weighted by atomic mass is 9.90. The van der Waals surface area contributed by atoms with Gasteiger partial charge in [-0.05, 0) is 18.1 Å². The van der Waals surface area contributed by atoms with E-state index in [9.17, 15) is 0 Å². The summed E-state index contributed by atoms with van der Waals surface area (Å²) in [5, 5.41) is 0. The fraction of sp³-hybridized carbons (Fsp3) is 0.250. The van der Waals surface area contributed by atoms with Gasteiger partial charge in [0.25, 0.3) is 0 Å². The molecule has 0 amide bonds. The van der Waals surface area contributed by atoms with Crippen molar-refractivity contribution < 1.29 is 4.84 Å². The summed E-state index contributed by atoms with van der Waals surface area (Å²) >= 11 is 0. The van der Waals surface area contributed by atoms with Crippen molar-refractivity contribution in [3.05, 3.63) is 71.8 Å². The van der Waals surface area contributed by atoms with Crippen LogP contribution in [0.1, 0.15) is 18.1 Å². The molecule has 2 rings (SSSR count). The molecule has 0 radical (unpaired) electrons. The van der Waals surface area contributed by atoms with E-state index in [4.69, 9.17) is 10.7 Å². The molecule has 0 fully saturated rings. The fourth-order valence-corrected chi connectivity index (χ4v) is 2.20. The van der Waals surface area contributed by atoms with Gasteiger partial charge in [0.2, 0.25) is 0 Å². The Labute approximate surface area is 108 Å². The van der Waals surface area contributed by atoms with E-state index in [0.717, 1.165) is 12.8 Å². The topological polar surface area (TPSA) is 35.2 Å². The molecule has 2 aromatic carbocycles. The molecule has 2 nitrogen and oxygen atoms in total. The summed E-state index contributed by atoms with van der Waals surface area (Å²) in [6, 6.07) is 20.6. The zero-order chi connectivity index (χ0) is 12.8. The number of nitrogens with two attached hydrogens (primary N) is 1. The highest BCUT2D eigenvalue weighted by Gasteiger charge is 2.25. The van der Waals surface area contributed by atoms with E-state index in [-0.39, 0.29) is 5.60 Å². The summed E-state index contributed by atoms with van der Waals surface area (Å²) in [6.45, 7) is 2.05. The van der Waals surface area contributed by atoms with Crippen LogP contribution in [0.25, 0.3) is 0 Å². The van der Waals surface area contributed by atoms with Gasteiger partial charge in [0, 0.05) is 12.8 Å². The van der Waals surface area contributed by atoms with E-state index in [1.165, 1.54) is 11.1 Å². The summed E-state index contributed by atoms with van der Waals surface area (Å²) in [5.74, 6) is 5.50. The van der Waals surface area contributed by atoms with Gasteiger partial charge in [-0.3, -0.25) is 4.84 Å². The van der Waals surface area contributed by atoms with Gasteiger partial charge in [0.1, 0.15) is 0 Å². The third-order valence-electron chi connectivity index (χ3n) is 3.13. The zero-order valence-corrected chi connectivity index (χ0v) is 10.7. The Hall–Kier alpha value is -1.64. The molecule has 18 heavy (non-hydrogen) atoms. The quantitative estimate of drug-likeness (QED) is 0.816. The van der Waals surface area contributed by atoms with Crippen LogP contribution in [0.4, 0.5) is 0 Å². The van der Waals surface area contributed by atoms with Crippen LogP contribution in [0.15, 0.2) is 60.7 Å². The minimum Gasteiger partial charge on any atom is -0.298 e. The van der Waals surface area contributed by atoms with Gasteiger partial charge in [-0.2, -0.15) is 0 Å². The number of hydrogen-bond acceptors (Lipinski definition) is 2. The maximum atomic E-state index is 5.50. The average Bonchev–Trinajstić information content (AvgIpc) is 2.41. The Bertz CT molecular complexity index is 425. The first-order valence-electron chi connectivity index (χ1n) is 6.18. The molecule has 0 aliphatic heterocycles. The monoisotopic (exact) mass is 241 g/mol. The van der Waals surface area contributed by atoms with E-state index in [1.54, 1.807) is 0 Å². The van der Waals surface area contributed by atoms with Gasteiger partial charge in [-0.15, -0.1) is 0 Å². The second kappa shape index (κ2) is 5.80. The van der Waals surface area contributed by atoms with E-state index >= 15 is 0 Å². The first kappa shape index (κ1) is 12.8. The summed E-state index contributed by atoms with van der Waals surface area (Å²) in [4.78, 5) is 5.25. The van der Waals surface area contributed by atoms with Crippen LogP contribution in [0.2, 0.25) is 0 Å². The molecule has 0 aliphatic carbocycles. The van der Waals surface area contributed by atoms with Gasteiger partial charge in [0.05, 0.1) is 5.60 Å². The second-order valence-electron chi connectivity index (χ2n) is 4.89. The summed E-state index contributed by atoms with van der Waals surface area (Å²) in [7, 11) is 0. The fourth-order valence-electron chi connectivity index (χ4n) is 2.20. The molecule has 94 valence electrons. The van der Waals surface area contributed by atoms with Crippen LogP contribution in [0, 0.1) is 0 Å². The standard InChI is InChI=1S/C16H19NO/c1-16(18-17,12-14-8-4-2-5-9-14)13-15-10-6-3-7-11-15/h2-11H,12-13,17H2,1H3. The molecule has 2 N–H and O–H groups in total. The van der Waals surface area contributed by atoms with Gasteiger partial charge in [0.15, 0.2) is 0 Å². The van der Waals surface area contributed by atoms with Crippen molar-refractivity contribution in [3.8, 4) is 0 Å². The van der Waals surface area contributed by atoms with Crippen molar-refractivity contribution in [1.29, 1.82) is 0 Å². The van der Waals surface area contributed by atoms with Crippen molar-refractivity contribution in [3.63, 3.8) is 0 Å². The molecule has 0 spiro atoms. The third-order valence-corrected chi connectivity index (χ3v) is 3.13. The van der Waals surface area contributed by atoms with Gasteiger partial charge in [-0.25, -0.2) is 5.90 Å². The summed E-state index contributed by atoms with van der Waals surface area (Å²) < 4.78 is 0. The predicted octanol–water partition coefficient (Wildman–Crippen LogP) is 3.12. The van der Waals surface area contributed by atoms with Crippen LogP contribution in [0.3, 0.4) is 0 Å². The maximum Gasteiger partial charge on any atom is 0.0946 e. The lowest BCUT2D eigenvalue weighted by Gasteiger charge is -2.27. The first-order chi connectivity index (χ1) is 8.72. The lowest BCUT2D eigenvalue weighted by Crippen LogP contribution is -2.36. The number of benzene rings is 2. The van der Waals surface area contributed by atoms with Crippen molar-refractivity contribution in [2.75, 3.05) is 0 Å². The Morgan fingerprint density at radius 2 is 1.22 bits per heavy atom.